The Labute approximate surface area is 264 Å². The van der Waals surface area contributed by atoms with E-state index in [0.717, 1.165) is 55.5 Å². The first-order chi connectivity index (χ1) is 21.9. The third-order valence-corrected chi connectivity index (χ3v) is 9.66. The Morgan fingerprint density at radius 3 is 2.11 bits per heavy atom. The average Bonchev–Trinajstić information content (AvgIpc) is 3.05. The van der Waals surface area contributed by atoms with Crippen molar-refractivity contribution in [2.24, 2.45) is 0 Å². The zero-order valence-corrected chi connectivity index (χ0v) is 26.6. The lowest BCUT2D eigenvalue weighted by Gasteiger charge is -2.37. The Bertz CT molecular complexity index is 1740. The fourth-order valence-electron chi connectivity index (χ4n) is 7.11. The van der Waals surface area contributed by atoms with Gasteiger partial charge in [-0.15, -0.1) is 0 Å². The molecule has 8 rings (SSSR count). The maximum atomic E-state index is 10.7. The summed E-state index contributed by atoms with van der Waals surface area (Å²) in [6.45, 7) is 1.79. The minimum Gasteiger partial charge on any atom is -0.504 e. The van der Waals surface area contributed by atoms with Crippen molar-refractivity contribution in [3.63, 3.8) is 0 Å². The summed E-state index contributed by atoms with van der Waals surface area (Å²) < 4.78 is 30.9. The molecule has 0 fully saturated rings. The van der Waals surface area contributed by atoms with Gasteiger partial charge in [0.2, 0.25) is 5.75 Å². The van der Waals surface area contributed by atoms with E-state index in [2.05, 4.69) is 54.2 Å². The van der Waals surface area contributed by atoms with Crippen molar-refractivity contribution in [1.82, 2.24) is 9.80 Å². The summed E-state index contributed by atoms with van der Waals surface area (Å²) in [7, 11) is 9.34. The maximum Gasteiger partial charge on any atom is 0.204 e. The van der Waals surface area contributed by atoms with Crippen LogP contribution in [0.15, 0.2) is 60.7 Å². The molecule has 4 aliphatic rings. The Balaban J connectivity index is 1.45. The van der Waals surface area contributed by atoms with E-state index >= 15 is 0 Å². The number of methoxy groups -OCH3 is 3. The Morgan fingerprint density at radius 2 is 1.38 bits per heavy atom. The third kappa shape index (κ3) is 5.32. The number of phenolic OH excluding ortho intramolecular Hbond substituents is 1. The van der Waals surface area contributed by atoms with Gasteiger partial charge in [-0.2, -0.15) is 0 Å². The lowest BCUT2D eigenvalue weighted by Crippen LogP contribution is -2.34. The number of benzene rings is 4. The summed E-state index contributed by atoms with van der Waals surface area (Å²) in [5.74, 6) is 4.46. The van der Waals surface area contributed by atoms with Crippen molar-refractivity contribution < 1.29 is 28.8 Å². The van der Waals surface area contributed by atoms with Crippen LogP contribution in [0, 0.1) is 0 Å². The Kier molecular flexibility index (Phi) is 7.71. The van der Waals surface area contributed by atoms with Crippen LogP contribution in [-0.2, 0) is 25.7 Å². The molecule has 4 heterocycles. The second-order valence-corrected chi connectivity index (χ2v) is 12.3. The summed E-state index contributed by atoms with van der Waals surface area (Å²) in [5, 5.41) is 10.7. The summed E-state index contributed by atoms with van der Waals surface area (Å²) in [6.07, 6.45) is 3.24. The van der Waals surface area contributed by atoms with Crippen LogP contribution in [-0.4, -0.2) is 63.4 Å². The highest BCUT2D eigenvalue weighted by Gasteiger charge is 2.33. The lowest BCUT2D eigenvalue weighted by molar-refractivity contribution is 0.224. The second kappa shape index (κ2) is 11.8. The molecule has 234 valence electrons. The largest absolute Gasteiger partial charge is 0.504 e. The van der Waals surface area contributed by atoms with E-state index in [-0.39, 0.29) is 17.8 Å². The van der Waals surface area contributed by atoms with Crippen LogP contribution in [0.3, 0.4) is 0 Å². The fraction of sp³-hybridized carbons (Fsp3) is 0.351. The molecule has 45 heavy (non-hydrogen) atoms. The Morgan fingerprint density at radius 1 is 0.689 bits per heavy atom. The standard InChI is InChI=1S/C37H40N2O6/c1-38-14-12-24-19-33(41-3)34-20-27(24)29(38)17-23-8-11-31(40)32(18-23)44-25-9-6-22(7-10-25)16-30-28-21-35(42-4)37(43-5)36(45-34)26(28)13-15-39(30)2/h6-11,18-21,29-30,40H,12-17H2,1-5H3/t29-,30-/m0/s1. The first kappa shape index (κ1) is 29.3. The molecular weight excluding hydrogens is 568 g/mol. The normalized spacial score (nSPS) is 19.4. The molecular formula is C37H40N2O6. The van der Waals surface area contributed by atoms with Crippen LogP contribution in [0.2, 0.25) is 0 Å². The molecule has 4 aromatic rings. The summed E-state index contributed by atoms with van der Waals surface area (Å²) in [5.41, 5.74) is 6.95. The highest BCUT2D eigenvalue weighted by Crippen LogP contribution is 2.51. The van der Waals surface area contributed by atoms with Crippen molar-refractivity contribution in [2.75, 3.05) is 48.5 Å². The van der Waals surface area contributed by atoms with Crippen molar-refractivity contribution in [3.8, 4) is 46.0 Å². The highest BCUT2D eigenvalue weighted by atomic mass is 16.5. The maximum absolute atomic E-state index is 10.7. The number of rotatable bonds is 3. The first-order valence-electron chi connectivity index (χ1n) is 15.5. The quantitative estimate of drug-likeness (QED) is 0.271. The molecule has 0 aliphatic carbocycles. The van der Waals surface area contributed by atoms with Gasteiger partial charge in [-0.3, -0.25) is 9.80 Å². The van der Waals surface area contributed by atoms with E-state index in [0.29, 0.717) is 40.2 Å². The molecule has 0 saturated heterocycles. The second-order valence-electron chi connectivity index (χ2n) is 12.3. The molecule has 0 unspecified atom stereocenters. The van der Waals surface area contributed by atoms with Gasteiger partial charge in [-0.05, 0) is 110 Å². The number of hydrogen-bond acceptors (Lipinski definition) is 8. The number of phenols is 1. The van der Waals surface area contributed by atoms with Gasteiger partial charge < -0.3 is 28.8 Å². The van der Waals surface area contributed by atoms with Crippen molar-refractivity contribution in [1.29, 1.82) is 0 Å². The number of nitrogens with zero attached hydrogens (tertiary/aromatic N) is 2. The van der Waals surface area contributed by atoms with E-state index in [1.54, 1.807) is 27.4 Å². The lowest BCUT2D eigenvalue weighted by atomic mass is 9.87. The average molecular weight is 609 g/mol. The van der Waals surface area contributed by atoms with Gasteiger partial charge in [0, 0.05) is 30.7 Å². The van der Waals surface area contributed by atoms with E-state index in [1.807, 2.05) is 24.3 Å². The zero-order chi connectivity index (χ0) is 31.2. The van der Waals surface area contributed by atoms with Gasteiger partial charge in [-0.25, -0.2) is 0 Å². The molecule has 8 heteroatoms. The van der Waals surface area contributed by atoms with Gasteiger partial charge in [0.1, 0.15) is 5.75 Å². The molecule has 4 aromatic carbocycles. The molecule has 0 radical (unpaired) electrons. The number of likely N-dealkylation sites (N-methyl/N-ethyl adjacent to an activating group) is 2. The van der Waals surface area contributed by atoms with Crippen molar-refractivity contribution >= 4 is 0 Å². The van der Waals surface area contributed by atoms with Crippen molar-refractivity contribution in [3.05, 3.63) is 94.0 Å². The number of hydrogen-bond donors (Lipinski definition) is 1. The van der Waals surface area contributed by atoms with E-state index in [1.165, 1.54) is 16.7 Å². The van der Waals surface area contributed by atoms with Gasteiger partial charge in [-0.1, -0.05) is 18.2 Å². The minimum atomic E-state index is 0.0833. The van der Waals surface area contributed by atoms with Gasteiger partial charge in [0.25, 0.3) is 0 Å². The predicted octanol–water partition coefficient (Wildman–Crippen LogP) is 6.86. The van der Waals surface area contributed by atoms with Crippen LogP contribution in [0.25, 0.3) is 0 Å². The Hall–Kier alpha value is -4.40. The van der Waals surface area contributed by atoms with Gasteiger partial charge in [0.15, 0.2) is 34.5 Å². The van der Waals surface area contributed by atoms with Crippen LogP contribution in [0.1, 0.15) is 45.5 Å². The van der Waals surface area contributed by atoms with E-state index < -0.39 is 0 Å². The smallest absolute Gasteiger partial charge is 0.204 e. The van der Waals surface area contributed by atoms with Crippen LogP contribution >= 0.6 is 0 Å². The monoisotopic (exact) mass is 608 g/mol. The van der Waals surface area contributed by atoms with Gasteiger partial charge in [0.05, 0.1) is 21.3 Å². The van der Waals surface area contributed by atoms with Crippen LogP contribution in [0.4, 0.5) is 0 Å². The van der Waals surface area contributed by atoms with Gasteiger partial charge >= 0.3 is 0 Å². The molecule has 1 N–H and O–H groups in total. The highest BCUT2D eigenvalue weighted by molar-refractivity contribution is 5.63. The van der Waals surface area contributed by atoms with E-state index in [9.17, 15) is 5.11 Å². The SMILES string of the molecule is COc1cc2c3cc1Oc1c4c(cc(OC)c1OC)[C@H](Cc1ccc(cc1)Oc1cc(ccc1O)C[C@@H]3N(C)CC2)N(C)CC4. The predicted molar refractivity (Wildman–Crippen MR) is 173 cm³/mol. The molecule has 4 aliphatic heterocycles. The number of fused-ring (bicyclic) bond motifs is 2. The fourth-order valence-corrected chi connectivity index (χ4v) is 7.11. The third-order valence-electron chi connectivity index (χ3n) is 9.66. The molecule has 0 aromatic heterocycles. The van der Waals surface area contributed by atoms with Crippen LogP contribution in [0.5, 0.6) is 46.0 Å². The first-order valence-corrected chi connectivity index (χ1v) is 15.5. The topological polar surface area (TPSA) is 72.9 Å². The molecule has 8 nitrogen and oxygen atoms in total. The zero-order valence-electron chi connectivity index (χ0n) is 26.6. The molecule has 10 bridgehead atoms. The number of aromatic hydroxyl groups is 1. The van der Waals surface area contributed by atoms with Crippen molar-refractivity contribution in [2.45, 2.75) is 37.8 Å². The molecule has 0 amide bonds. The summed E-state index contributed by atoms with van der Waals surface area (Å²) in [6, 6.07) is 20.3. The summed E-state index contributed by atoms with van der Waals surface area (Å²) >= 11 is 0. The minimum absolute atomic E-state index is 0.0833. The summed E-state index contributed by atoms with van der Waals surface area (Å²) in [4.78, 5) is 4.76. The number of ether oxygens (including phenoxy) is 5. The molecule has 0 saturated carbocycles. The molecule has 0 spiro atoms. The molecule has 2 atom stereocenters. The van der Waals surface area contributed by atoms with Crippen LogP contribution < -0.4 is 23.7 Å². The van der Waals surface area contributed by atoms with E-state index in [4.69, 9.17) is 23.7 Å².